The van der Waals surface area contributed by atoms with Crippen LogP contribution in [0.15, 0.2) is 0 Å². The van der Waals surface area contributed by atoms with E-state index in [0.29, 0.717) is 12.6 Å². The molecule has 104 valence electrons. The van der Waals surface area contributed by atoms with E-state index in [2.05, 4.69) is 4.90 Å². The van der Waals surface area contributed by atoms with Crippen LogP contribution in [0.25, 0.3) is 0 Å². The Morgan fingerprint density at radius 1 is 1.44 bits per heavy atom. The van der Waals surface area contributed by atoms with Gasteiger partial charge < -0.3 is 14.7 Å². The number of carbonyl (C=O) groups is 1. The number of ether oxygens (including phenoxy) is 1. The van der Waals surface area contributed by atoms with Crippen molar-refractivity contribution in [3.05, 3.63) is 0 Å². The molecule has 0 aromatic heterocycles. The smallest absolute Gasteiger partial charge is 0.410 e. The van der Waals surface area contributed by atoms with Gasteiger partial charge in [-0.25, -0.2) is 4.79 Å². The van der Waals surface area contributed by atoms with Gasteiger partial charge in [0.2, 0.25) is 0 Å². The summed E-state index contributed by atoms with van der Waals surface area (Å²) in [6.45, 7) is 6.98. The van der Waals surface area contributed by atoms with E-state index in [1.807, 2.05) is 32.5 Å². The second-order valence-electron chi connectivity index (χ2n) is 5.89. The van der Waals surface area contributed by atoms with Gasteiger partial charge in [0, 0.05) is 30.8 Å². The van der Waals surface area contributed by atoms with Crippen LogP contribution in [0.4, 0.5) is 4.79 Å². The van der Waals surface area contributed by atoms with Crippen LogP contribution < -0.4 is 0 Å². The Labute approximate surface area is 112 Å². The molecule has 2 aliphatic rings. The highest BCUT2D eigenvalue weighted by Gasteiger charge is 2.39. The Hall–Kier alpha value is -0.460. The monoisotopic (exact) mass is 274 g/mol. The van der Waals surface area contributed by atoms with Crippen molar-refractivity contribution in [2.24, 2.45) is 0 Å². The van der Waals surface area contributed by atoms with Crippen LogP contribution in [0.3, 0.4) is 0 Å². The third-order valence-electron chi connectivity index (χ3n) is 3.22. The third kappa shape index (κ3) is 3.10. The number of fused-ring (bicyclic) bond motifs is 1. The van der Waals surface area contributed by atoms with E-state index in [9.17, 15) is 9.90 Å². The largest absolute Gasteiger partial charge is 0.444 e. The standard InChI is InChI=1S/C12H22N2O3S/c1-12(2,3)17-11(16)14-5-10-7-18-8-13(10)4-9(14)6-15/h9-10,15H,4-8H2,1-3H3. The first kappa shape index (κ1) is 14.0. The highest BCUT2D eigenvalue weighted by Crippen LogP contribution is 2.27. The van der Waals surface area contributed by atoms with E-state index in [-0.39, 0.29) is 18.7 Å². The number of nitrogens with zero attached hydrogens (tertiary/aromatic N) is 2. The highest BCUT2D eigenvalue weighted by molar-refractivity contribution is 7.99. The SMILES string of the molecule is CC(C)(C)OC(=O)N1CC2CSCN2CC1CO. The molecular weight excluding hydrogens is 252 g/mol. The van der Waals surface area contributed by atoms with E-state index in [4.69, 9.17) is 4.74 Å². The maximum atomic E-state index is 12.1. The van der Waals surface area contributed by atoms with E-state index in [1.165, 1.54) is 0 Å². The van der Waals surface area contributed by atoms with Gasteiger partial charge in [-0.2, -0.15) is 0 Å². The Balaban J connectivity index is 2.03. The van der Waals surface area contributed by atoms with Gasteiger partial charge in [-0.05, 0) is 20.8 Å². The number of carbonyl (C=O) groups excluding carboxylic acids is 1. The molecule has 0 aliphatic carbocycles. The second kappa shape index (κ2) is 5.27. The number of amides is 1. The van der Waals surface area contributed by atoms with Crippen LogP contribution in [-0.4, -0.2) is 70.0 Å². The Bertz CT molecular complexity index is 319. The lowest BCUT2D eigenvalue weighted by atomic mass is 10.1. The zero-order valence-electron chi connectivity index (χ0n) is 11.3. The molecule has 1 N–H and O–H groups in total. The number of hydrogen-bond acceptors (Lipinski definition) is 5. The summed E-state index contributed by atoms with van der Waals surface area (Å²) in [6, 6.07) is 0.264. The molecule has 0 bridgehead atoms. The normalized spacial score (nSPS) is 29.2. The Morgan fingerprint density at radius 2 is 2.17 bits per heavy atom. The Kier molecular flexibility index (Phi) is 4.08. The van der Waals surface area contributed by atoms with Gasteiger partial charge in [0.15, 0.2) is 0 Å². The molecule has 0 radical (unpaired) electrons. The van der Waals surface area contributed by atoms with E-state index >= 15 is 0 Å². The first-order valence-corrected chi connectivity index (χ1v) is 7.48. The van der Waals surface area contributed by atoms with Gasteiger partial charge >= 0.3 is 6.09 Å². The summed E-state index contributed by atoms with van der Waals surface area (Å²) >= 11 is 1.88. The zero-order valence-corrected chi connectivity index (χ0v) is 12.1. The topological polar surface area (TPSA) is 53.0 Å². The van der Waals surface area contributed by atoms with Crippen molar-refractivity contribution in [2.45, 2.75) is 38.5 Å². The first-order chi connectivity index (χ1) is 8.40. The van der Waals surface area contributed by atoms with Crippen LogP contribution in [0.2, 0.25) is 0 Å². The maximum absolute atomic E-state index is 12.1. The highest BCUT2D eigenvalue weighted by atomic mass is 32.2. The van der Waals surface area contributed by atoms with E-state index in [0.717, 1.165) is 18.2 Å². The first-order valence-electron chi connectivity index (χ1n) is 6.33. The summed E-state index contributed by atoms with van der Waals surface area (Å²) < 4.78 is 5.41. The fourth-order valence-corrected chi connectivity index (χ4v) is 3.58. The average Bonchev–Trinajstić information content (AvgIpc) is 2.71. The van der Waals surface area contributed by atoms with Gasteiger partial charge in [0.05, 0.1) is 12.6 Å². The van der Waals surface area contributed by atoms with Gasteiger partial charge in [-0.15, -0.1) is 11.8 Å². The maximum Gasteiger partial charge on any atom is 0.410 e. The van der Waals surface area contributed by atoms with Crippen molar-refractivity contribution >= 4 is 17.9 Å². The minimum atomic E-state index is -0.487. The molecule has 0 saturated carbocycles. The molecule has 2 heterocycles. The fourth-order valence-electron chi connectivity index (χ4n) is 2.33. The molecule has 0 spiro atoms. The summed E-state index contributed by atoms with van der Waals surface area (Å²) in [7, 11) is 0. The number of aliphatic hydroxyl groups is 1. The quantitative estimate of drug-likeness (QED) is 0.772. The van der Waals surface area contributed by atoms with Crippen LogP contribution in [0.5, 0.6) is 0 Å². The van der Waals surface area contributed by atoms with Gasteiger partial charge in [-0.1, -0.05) is 0 Å². The second-order valence-corrected chi connectivity index (χ2v) is 6.89. The predicted molar refractivity (Wildman–Crippen MR) is 71.6 cm³/mol. The molecule has 1 amide bonds. The molecule has 2 rings (SSSR count). The number of aliphatic hydroxyl groups excluding tert-OH is 1. The molecule has 2 fully saturated rings. The molecule has 2 unspecified atom stereocenters. The lowest BCUT2D eigenvalue weighted by Crippen LogP contribution is -2.60. The van der Waals surface area contributed by atoms with Crippen LogP contribution in [0, 0.1) is 0 Å². The van der Waals surface area contributed by atoms with Crippen molar-refractivity contribution in [3.63, 3.8) is 0 Å². The summed E-state index contributed by atoms with van der Waals surface area (Å²) in [4.78, 5) is 16.2. The van der Waals surface area contributed by atoms with Crippen molar-refractivity contribution < 1.29 is 14.6 Å². The summed E-state index contributed by atoms with van der Waals surface area (Å²) in [5.74, 6) is 2.06. The lowest BCUT2D eigenvalue weighted by Gasteiger charge is -2.42. The molecule has 5 nitrogen and oxygen atoms in total. The summed E-state index contributed by atoms with van der Waals surface area (Å²) in [6.07, 6.45) is -0.307. The summed E-state index contributed by atoms with van der Waals surface area (Å²) in [5.41, 5.74) is -0.487. The van der Waals surface area contributed by atoms with Crippen molar-refractivity contribution in [3.8, 4) is 0 Å². The predicted octanol–water partition coefficient (Wildman–Crippen LogP) is 0.973. The Morgan fingerprint density at radius 3 is 2.78 bits per heavy atom. The number of thioether (sulfide) groups is 1. The molecule has 2 aliphatic heterocycles. The van der Waals surface area contributed by atoms with Crippen LogP contribution in [-0.2, 0) is 4.74 Å². The molecule has 6 heteroatoms. The van der Waals surface area contributed by atoms with Crippen LogP contribution >= 0.6 is 11.8 Å². The molecule has 2 atom stereocenters. The minimum Gasteiger partial charge on any atom is -0.444 e. The number of hydrogen-bond donors (Lipinski definition) is 1. The van der Waals surface area contributed by atoms with Gasteiger partial charge in [0.25, 0.3) is 0 Å². The average molecular weight is 274 g/mol. The van der Waals surface area contributed by atoms with E-state index in [1.54, 1.807) is 4.90 Å². The molecule has 0 aromatic carbocycles. The van der Waals surface area contributed by atoms with Crippen molar-refractivity contribution in [2.75, 3.05) is 31.3 Å². The van der Waals surface area contributed by atoms with Crippen LogP contribution in [0.1, 0.15) is 20.8 Å². The van der Waals surface area contributed by atoms with Crippen molar-refractivity contribution in [1.82, 2.24) is 9.80 Å². The minimum absolute atomic E-state index is 0.00682. The van der Waals surface area contributed by atoms with Crippen molar-refractivity contribution in [1.29, 1.82) is 0 Å². The molecule has 18 heavy (non-hydrogen) atoms. The molecule has 2 saturated heterocycles. The third-order valence-corrected chi connectivity index (χ3v) is 4.35. The molecule has 0 aromatic rings. The van der Waals surface area contributed by atoms with E-state index < -0.39 is 5.60 Å². The number of rotatable bonds is 1. The van der Waals surface area contributed by atoms with Gasteiger partial charge in [-0.3, -0.25) is 4.90 Å². The summed E-state index contributed by atoms with van der Waals surface area (Å²) in [5, 5.41) is 9.45. The van der Waals surface area contributed by atoms with Gasteiger partial charge in [0.1, 0.15) is 5.60 Å². The zero-order chi connectivity index (χ0) is 13.3. The fraction of sp³-hybridized carbons (Fsp3) is 0.917. The number of piperazine rings is 1. The lowest BCUT2D eigenvalue weighted by molar-refractivity contribution is -0.0179. The molecular formula is C12H22N2O3S.